The number of rotatable bonds is 6. The first-order valence-electron chi connectivity index (χ1n) is 8.48. The van der Waals surface area contributed by atoms with Gasteiger partial charge in [0.2, 0.25) is 0 Å². The third kappa shape index (κ3) is 4.23. The van der Waals surface area contributed by atoms with Crippen molar-refractivity contribution in [1.82, 2.24) is 9.80 Å². The summed E-state index contributed by atoms with van der Waals surface area (Å²) in [7, 11) is 2.16. The highest BCUT2D eigenvalue weighted by molar-refractivity contribution is 5.94. The molecule has 0 atom stereocenters. The van der Waals surface area contributed by atoms with Crippen molar-refractivity contribution >= 4 is 11.6 Å². The molecule has 1 amide bonds. The molecule has 0 bridgehead atoms. The summed E-state index contributed by atoms with van der Waals surface area (Å²) in [6.45, 7) is 10.2. The molecule has 0 spiro atoms. The van der Waals surface area contributed by atoms with Crippen molar-refractivity contribution < 1.29 is 4.79 Å². The number of anilines is 1. The number of amides is 1. The summed E-state index contributed by atoms with van der Waals surface area (Å²) in [5, 5.41) is 0. The van der Waals surface area contributed by atoms with Gasteiger partial charge in [0, 0.05) is 50.5 Å². The van der Waals surface area contributed by atoms with E-state index in [-0.39, 0.29) is 5.91 Å². The minimum Gasteiger partial charge on any atom is -0.369 e. The standard InChI is InChI=1S/C18H29N3O/c1-4-10-21(11-5-2)18(22)16-6-8-17(9-7-16)20-14-12-19(3)13-15-20/h6-9H,4-5,10-15H2,1-3H3. The van der Waals surface area contributed by atoms with Gasteiger partial charge in [-0.2, -0.15) is 0 Å². The predicted molar refractivity (Wildman–Crippen MR) is 92.6 cm³/mol. The van der Waals surface area contributed by atoms with Crippen molar-refractivity contribution in [3.05, 3.63) is 29.8 Å². The van der Waals surface area contributed by atoms with Gasteiger partial charge < -0.3 is 14.7 Å². The number of carbonyl (C=O) groups is 1. The maximum absolute atomic E-state index is 12.6. The van der Waals surface area contributed by atoms with Crippen LogP contribution in [0.2, 0.25) is 0 Å². The molecule has 22 heavy (non-hydrogen) atoms. The minimum absolute atomic E-state index is 0.161. The Morgan fingerprint density at radius 2 is 1.55 bits per heavy atom. The topological polar surface area (TPSA) is 26.8 Å². The Balaban J connectivity index is 2.02. The molecular formula is C18H29N3O. The average molecular weight is 303 g/mol. The van der Waals surface area contributed by atoms with Crippen molar-refractivity contribution in [2.24, 2.45) is 0 Å². The van der Waals surface area contributed by atoms with Crippen LogP contribution in [0.25, 0.3) is 0 Å². The number of benzene rings is 1. The SMILES string of the molecule is CCCN(CCC)C(=O)c1ccc(N2CCN(C)CC2)cc1. The molecule has 1 heterocycles. The number of likely N-dealkylation sites (N-methyl/N-ethyl adjacent to an activating group) is 1. The molecule has 4 heteroatoms. The molecule has 1 saturated heterocycles. The average Bonchev–Trinajstić information content (AvgIpc) is 2.55. The molecule has 2 rings (SSSR count). The van der Waals surface area contributed by atoms with Gasteiger partial charge in [-0.15, -0.1) is 0 Å². The number of nitrogens with zero attached hydrogens (tertiary/aromatic N) is 3. The quantitative estimate of drug-likeness (QED) is 0.808. The summed E-state index contributed by atoms with van der Waals surface area (Å²) >= 11 is 0. The monoisotopic (exact) mass is 303 g/mol. The van der Waals surface area contributed by atoms with Crippen LogP contribution in [0.4, 0.5) is 5.69 Å². The summed E-state index contributed by atoms with van der Waals surface area (Å²) in [4.78, 5) is 19.3. The van der Waals surface area contributed by atoms with Gasteiger partial charge in [-0.1, -0.05) is 13.8 Å². The van der Waals surface area contributed by atoms with Gasteiger partial charge >= 0.3 is 0 Å². The number of piperazine rings is 1. The van der Waals surface area contributed by atoms with Crippen LogP contribution in [-0.2, 0) is 0 Å². The first kappa shape index (κ1) is 16.8. The van der Waals surface area contributed by atoms with Crippen molar-refractivity contribution in [3.63, 3.8) is 0 Å². The molecule has 0 aromatic heterocycles. The van der Waals surface area contributed by atoms with Gasteiger partial charge in [0.05, 0.1) is 0 Å². The molecule has 0 radical (unpaired) electrons. The lowest BCUT2D eigenvalue weighted by Gasteiger charge is -2.34. The Hall–Kier alpha value is -1.55. The molecular weight excluding hydrogens is 274 g/mol. The molecule has 0 aliphatic carbocycles. The highest BCUT2D eigenvalue weighted by atomic mass is 16.2. The van der Waals surface area contributed by atoms with E-state index in [1.807, 2.05) is 17.0 Å². The van der Waals surface area contributed by atoms with Crippen LogP contribution in [0.1, 0.15) is 37.0 Å². The lowest BCUT2D eigenvalue weighted by molar-refractivity contribution is 0.0755. The summed E-state index contributed by atoms with van der Waals surface area (Å²) in [5.41, 5.74) is 2.03. The smallest absolute Gasteiger partial charge is 0.253 e. The Morgan fingerprint density at radius 3 is 2.05 bits per heavy atom. The van der Waals surface area contributed by atoms with E-state index in [0.29, 0.717) is 0 Å². The van der Waals surface area contributed by atoms with E-state index < -0.39 is 0 Å². The second-order valence-corrected chi connectivity index (χ2v) is 6.13. The van der Waals surface area contributed by atoms with Gasteiger partial charge in [0.15, 0.2) is 0 Å². The largest absolute Gasteiger partial charge is 0.369 e. The van der Waals surface area contributed by atoms with Crippen molar-refractivity contribution in [2.75, 3.05) is 51.2 Å². The Morgan fingerprint density at radius 1 is 1.00 bits per heavy atom. The Labute approximate surface area is 134 Å². The summed E-state index contributed by atoms with van der Waals surface area (Å²) < 4.78 is 0. The fourth-order valence-electron chi connectivity index (χ4n) is 2.92. The summed E-state index contributed by atoms with van der Waals surface area (Å²) in [6.07, 6.45) is 2.01. The fourth-order valence-corrected chi connectivity index (χ4v) is 2.92. The van der Waals surface area contributed by atoms with E-state index in [9.17, 15) is 4.79 Å². The third-order valence-electron chi connectivity index (χ3n) is 4.26. The zero-order chi connectivity index (χ0) is 15.9. The van der Waals surface area contributed by atoms with Crippen LogP contribution >= 0.6 is 0 Å². The van der Waals surface area contributed by atoms with Gasteiger partial charge in [0.25, 0.3) is 5.91 Å². The van der Waals surface area contributed by atoms with Crippen LogP contribution in [-0.4, -0.2) is 62.0 Å². The molecule has 1 aromatic carbocycles. The molecule has 1 aromatic rings. The Bertz CT molecular complexity index is 458. The maximum atomic E-state index is 12.6. The Kier molecular flexibility index (Phi) is 6.25. The first-order valence-corrected chi connectivity index (χ1v) is 8.48. The zero-order valence-corrected chi connectivity index (χ0v) is 14.2. The highest BCUT2D eigenvalue weighted by Crippen LogP contribution is 2.18. The number of hydrogen-bond acceptors (Lipinski definition) is 3. The highest BCUT2D eigenvalue weighted by Gasteiger charge is 2.17. The van der Waals surface area contributed by atoms with Gasteiger partial charge in [-0.3, -0.25) is 4.79 Å². The second-order valence-electron chi connectivity index (χ2n) is 6.13. The van der Waals surface area contributed by atoms with E-state index in [1.54, 1.807) is 0 Å². The van der Waals surface area contributed by atoms with E-state index in [4.69, 9.17) is 0 Å². The van der Waals surface area contributed by atoms with E-state index in [2.05, 4.69) is 42.8 Å². The van der Waals surface area contributed by atoms with E-state index in [1.165, 1.54) is 5.69 Å². The summed E-state index contributed by atoms with van der Waals surface area (Å²) in [5.74, 6) is 0.161. The van der Waals surface area contributed by atoms with Gasteiger partial charge in [-0.05, 0) is 44.2 Å². The van der Waals surface area contributed by atoms with Crippen molar-refractivity contribution in [1.29, 1.82) is 0 Å². The number of carbonyl (C=O) groups excluding carboxylic acids is 1. The van der Waals surface area contributed by atoms with E-state index >= 15 is 0 Å². The molecule has 4 nitrogen and oxygen atoms in total. The second kappa shape index (κ2) is 8.18. The van der Waals surface area contributed by atoms with E-state index in [0.717, 1.165) is 57.7 Å². The molecule has 0 unspecified atom stereocenters. The normalized spacial score (nSPS) is 15.9. The van der Waals surface area contributed by atoms with Gasteiger partial charge in [0.1, 0.15) is 0 Å². The van der Waals surface area contributed by atoms with Gasteiger partial charge in [-0.25, -0.2) is 0 Å². The summed E-state index contributed by atoms with van der Waals surface area (Å²) in [6, 6.07) is 8.14. The zero-order valence-electron chi connectivity index (χ0n) is 14.2. The van der Waals surface area contributed by atoms with Crippen LogP contribution in [0.3, 0.4) is 0 Å². The predicted octanol–water partition coefficient (Wildman–Crippen LogP) is 2.70. The van der Waals surface area contributed by atoms with Crippen LogP contribution < -0.4 is 4.90 Å². The fraction of sp³-hybridized carbons (Fsp3) is 0.611. The van der Waals surface area contributed by atoms with Crippen molar-refractivity contribution in [3.8, 4) is 0 Å². The lowest BCUT2D eigenvalue weighted by atomic mass is 10.1. The van der Waals surface area contributed by atoms with Crippen molar-refractivity contribution in [2.45, 2.75) is 26.7 Å². The first-order chi connectivity index (χ1) is 10.7. The molecule has 0 N–H and O–H groups in total. The molecule has 1 fully saturated rings. The molecule has 0 saturated carbocycles. The van der Waals surface area contributed by atoms with Crippen LogP contribution in [0.15, 0.2) is 24.3 Å². The third-order valence-corrected chi connectivity index (χ3v) is 4.26. The number of hydrogen-bond donors (Lipinski definition) is 0. The molecule has 1 aliphatic heterocycles. The lowest BCUT2D eigenvalue weighted by Crippen LogP contribution is -2.44. The molecule has 1 aliphatic rings. The molecule has 122 valence electrons. The van der Waals surface area contributed by atoms with Crippen LogP contribution in [0.5, 0.6) is 0 Å². The van der Waals surface area contributed by atoms with Crippen LogP contribution in [0, 0.1) is 0 Å². The minimum atomic E-state index is 0.161. The maximum Gasteiger partial charge on any atom is 0.253 e.